The zero-order valence-corrected chi connectivity index (χ0v) is 11.6. The van der Waals surface area contributed by atoms with E-state index in [-0.39, 0.29) is 30.5 Å². The van der Waals surface area contributed by atoms with E-state index in [2.05, 4.69) is 0 Å². The van der Waals surface area contributed by atoms with Crippen molar-refractivity contribution in [1.29, 1.82) is 0 Å². The van der Waals surface area contributed by atoms with Crippen LogP contribution in [0.4, 0.5) is 0 Å². The molecule has 0 saturated heterocycles. The summed E-state index contributed by atoms with van der Waals surface area (Å²) in [4.78, 5) is 13.8. The number of nitrogens with two attached hydrogens (primary N) is 1. The molecule has 102 valence electrons. The Labute approximate surface area is 104 Å². The Morgan fingerprint density at radius 3 is 2.29 bits per heavy atom. The third-order valence-corrected chi connectivity index (χ3v) is 2.98. The topological polar surface area (TPSA) is 64.8 Å². The molecule has 2 N–H and O–H groups in total. The van der Waals surface area contributed by atoms with Crippen LogP contribution in [-0.4, -0.2) is 51.0 Å². The van der Waals surface area contributed by atoms with Crippen molar-refractivity contribution in [3.05, 3.63) is 0 Å². The number of methoxy groups -OCH3 is 2. The minimum Gasteiger partial charge on any atom is -0.384 e. The molecule has 0 aromatic heterocycles. The summed E-state index contributed by atoms with van der Waals surface area (Å²) in [6, 6.07) is 0. The van der Waals surface area contributed by atoms with Crippen molar-refractivity contribution in [3.63, 3.8) is 0 Å². The van der Waals surface area contributed by atoms with Crippen LogP contribution < -0.4 is 5.73 Å². The second-order valence-electron chi connectivity index (χ2n) is 4.53. The van der Waals surface area contributed by atoms with Crippen molar-refractivity contribution in [2.24, 2.45) is 17.6 Å². The second-order valence-corrected chi connectivity index (χ2v) is 4.53. The first-order valence-electron chi connectivity index (χ1n) is 5.98. The lowest BCUT2D eigenvalue weighted by molar-refractivity contribution is -0.139. The molecule has 0 rings (SSSR count). The summed E-state index contributed by atoms with van der Waals surface area (Å²) in [6.07, 6.45) is -0.103. The van der Waals surface area contributed by atoms with Gasteiger partial charge in [0.2, 0.25) is 5.91 Å². The standard InChI is InChI=1S/C12H26N2O3/c1-9(7-16-4)6-14(8-13)12(15)10(2)11(3)17-5/h9-11H,6-8,13H2,1-5H3. The van der Waals surface area contributed by atoms with E-state index in [1.165, 1.54) is 0 Å². The van der Waals surface area contributed by atoms with Crippen LogP contribution in [0.15, 0.2) is 0 Å². The molecule has 0 aliphatic carbocycles. The van der Waals surface area contributed by atoms with Crippen molar-refractivity contribution >= 4 is 5.91 Å². The Kier molecular flexibility index (Phi) is 8.12. The maximum absolute atomic E-state index is 12.1. The molecule has 5 heteroatoms. The molecule has 0 radical (unpaired) electrons. The van der Waals surface area contributed by atoms with Gasteiger partial charge in [-0.3, -0.25) is 4.79 Å². The first-order valence-corrected chi connectivity index (χ1v) is 5.98. The fourth-order valence-corrected chi connectivity index (χ4v) is 1.66. The normalized spacial score (nSPS) is 16.4. The van der Waals surface area contributed by atoms with Gasteiger partial charge in [0.05, 0.1) is 25.3 Å². The summed E-state index contributed by atoms with van der Waals surface area (Å²) in [7, 11) is 3.26. The highest BCUT2D eigenvalue weighted by molar-refractivity contribution is 5.79. The van der Waals surface area contributed by atoms with Gasteiger partial charge in [-0.25, -0.2) is 0 Å². The van der Waals surface area contributed by atoms with Crippen molar-refractivity contribution in [3.8, 4) is 0 Å². The molecule has 1 amide bonds. The van der Waals surface area contributed by atoms with Gasteiger partial charge in [0.1, 0.15) is 0 Å². The quantitative estimate of drug-likeness (QED) is 0.640. The number of hydrogen-bond donors (Lipinski definition) is 1. The van der Waals surface area contributed by atoms with Gasteiger partial charge in [0.15, 0.2) is 0 Å². The first kappa shape index (κ1) is 16.4. The SMILES string of the molecule is COCC(C)CN(CN)C(=O)C(C)C(C)OC. The molecule has 0 saturated carbocycles. The summed E-state index contributed by atoms with van der Waals surface area (Å²) >= 11 is 0. The van der Waals surface area contributed by atoms with E-state index in [1.54, 1.807) is 19.1 Å². The highest BCUT2D eigenvalue weighted by atomic mass is 16.5. The van der Waals surface area contributed by atoms with Crippen molar-refractivity contribution in [2.75, 3.05) is 34.0 Å². The highest BCUT2D eigenvalue weighted by Gasteiger charge is 2.25. The van der Waals surface area contributed by atoms with Gasteiger partial charge in [0.25, 0.3) is 0 Å². The van der Waals surface area contributed by atoms with E-state index >= 15 is 0 Å². The zero-order chi connectivity index (χ0) is 13.4. The molecule has 0 aromatic carbocycles. The number of nitrogens with zero attached hydrogens (tertiary/aromatic N) is 1. The Morgan fingerprint density at radius 2 is 1.88 bits per heavy atom. The largest absolute Gasteiger partial charge is 0.384 e. The van der Waals surface area contributed by atoms with Crippen molar-refractivity contribution in [1.82, 2.24) is 4.90 Å². The predicted molar refractivity (Wildman–Crippen MR) is 67.4 cm³/mol. The van der Waals surface area contributed by atoms with Crippen molar-refractivity contribution < 1.29 is 14.3 Å². The molecule has 0 aliphatic heterocycles. The summed E-state index contributed by atoms with van der Waals surface area (Å²) in [5.74, 6) is 0.126. The van der Waals surface area contributed by atoms with Crippen LogP contribution in [0.3, 0.4) is 0 Å². The molecular formula is C12H26N2O3. The van der Waals surface area contributed by atoms with Gasteiger partial charge in [0, 0.05) is 20.8 Å². The van der Waals surface area contributed by atoms with Crippen LogP contribution in [0, 0.1) is 11.8 Å². The van der Waals surface area contributed by atoms with Crippen molar-refractivity contribution in [2.45, 2.75) is 26.9 Å². The van der Waals surface area contributed by atoms with Gasteiger partial charge >= 0.3 is 0 Å². The van der Waals surface area contributed by atoms with Gasteiger partial charge in [-0.15, -0.1) is 0 Å². The molecule has 3 unspecified atom stereocenters. The third kappa shape index (κ3) is 5.48. The zero-order valence-electron chi connectivity index (χ0n) is 11.6. The molecule has 3 atom stereocenters. The fourth-order valence-electron chi connectivity index (χ4n) is 1.66. The Bertz CT molecular complexity index is 224. The minimum atomic E-state index is -0.182. The average molecular weight is 246 g/mol. The lowest BCUT2D eigenvalue weighted by atomic mass is 10.0. The number of carbonyl (C=O) groups is 1. The molecular weight excluding hydrogens is 220 g/mol. The predicted octanol–water partition coefficient (Wildman–Crippen LogP) is 0.685. The average Bonchev–Trinajstić information content (AvgIpc) is 2.33. The Balaban J connectivity index is 4.39. The number of ether oxygens (including phenoxy) is 2. The van der Waals surface area contributed by atoms with Crippen LogP contribution in [0.5, 0.6) is 0 Å². The number of rotatable bonds is 8. The summed E-state index contributed by atoms with van der Waals surface area (Å²) in [5, 5.41) is 0. The summed E-state index contributed by atoms with van der Waals surface area (Å²) in [5.41, 5.74) is 5.62. The highest BCUT2D eigenvalue weighted by Crippen LogP contribution is 2.11. The van der Waals surface area contributed by atoms with E-state index in [1.807, 2.05) is 20.8 Å². The molecule has 0 aromatic rings. The summed E-state index contributed by atoms with van der Waals surface area (Å²) in [6.45, 7) is 7.25. The first-order chi connectivity index (χ1) is 7.97. The maximum atomic E-state index is 12.1. The smallest absolute Gasteiger partial charge is 0.229 e. The Hall–Kier alpha value is -0.650. The molecule has 0 heterocycles. The third-order valence-electron chi connectivity index (χ3n) is 2.98. The van der Waals surface area contributed by atoms with Crippen LogP contribution in [0.1, 0.15) is 20.8 Å². The van der Waals surface area contributed by atoms with E-state index in [4.69, 9.17) is 15.2 Å². The Morgan fingerprint density at radius 1 is 1.29 bits per heavy atom. The van der Waals surface area contributed by atoms with E-state index in [0.29, 0.717) is 13.2 Å². The van der Waals surface area contributed by atoms with Crippen LogP contribution in [0.25, 0.3) is 0 Å². The van der Waals surface area contributed by atoms with E-state index in [0.717, 1.165) is 0 Å². The maximum Gasteiger partial charge on any atom is 0.229 e. The molecule has 0 spiro atoms. The lowest BCUT2D eigenvalue weighted by Gasteiger charge is -2.28. The van der Waals surface area contributed by atoms with Crippen LogP contribution >= 0.6 is 0 Å². The monoisotopic (exact) mass is 246 g/mol. The van der Waals surface area contributed by atoms with Gasteiger partial charge in [-0.2, -0.15) is 0 Å². The number of hydrogen-bond acceptors (Lipinski definition) is 4. The second kappa shape index (κ2) is 8.44. The molecule has 5 nitrogen and oxygen atoms in total. The van der Waals surface area contributed by atoms with E-state index in [9.17, 15) is 4.79 Å². The van der Waals surface area contributed by atoms with Gasteiger partial charge in [-0.1, -0.05) is 13.8 Å². The molecule has 0 bridgehead atoms. The number of amides is 1. The van der Waals surface area contributed by atoms with Gasteiger partial charge < -0.3 is 20.1 Å². The minimum absolute atomic E-state index is 0.0322. The molecule has 17 heavy (non-hydrogen) atoms. The molecule has 0 fully saturated rings. The van der Waals surface area contributed by atoms with Crippen LogP contribution in [0.2, 0.25) is 0 Å². The lowest BCUT2D eigenvalue weighted by Crippen LogP contribution is -2.45. The molecule has 0 aliphatic rings. The summed E-state index contributed by atoms with van der Waals surface area (Å²) < 4.78 is 10.2. The number of carbonyl (C=O) groups excluding carboxylic acids is 1. The van der Waals surface area contributed by atoms with Gasteiger partial charge in [-0.05, 0) is 12.8 Å². The van der Waals surface area contributed by atoms with Crippen LogP contribution in [-0.2, 0) is 14.3 Å². The van der Waals surface area contributed by atoms with E-state index < -0.39 is 0 Å². The fraction of sp³-hybridized carbons (Fsp3) is 0.917.